The molecule has 1 heterocycles. The Labute approximate surface area is 108 Å². The lowest BCUT2D eigenvalue weighted by atomic mass is 10.1. The van der Waals surface area contributed by atoms with Crippen LogP contribution in [0.4, 0.5) is 0 Å². The van der Waals surface area contributed by atoms with E-state index in [1.807, 2.05) is 12.1 Å². The van der Waals surface area contributed by atoms with Gasteiger partial charge in [0.2, 0.25) is 0 Å². The summed E-state index contributed by atoms with van der Waals surface area (Å²) in [6.45, 7) is 2.13. The third-order valence-corrected chi connectivity index (χ3v) is 3.03. The minimum Gasteiger partial charge on any atom is -0.462 e. The molecule has 2 aromatic rings. The van der Waals surface area contributed by atoms with Crippen LogP contribution in [0, 0.1) is 0 Å². The van der Waals surface area contributed by atoms with Crippen LogP contribution in [0.5, 0.6) is 0 Å². The largest absolute Gasteiger partial charge is 0.462 e. The van der Waals surface area contributed by atoms with E-state index in [-0.39, 0.29) is 5.97 Å². The smallest absolute Gasteiger partial charge is 0.341 e. The van der Waals surface area contributed by atoms with Crippen molar-refractivity contribution in [2.24, 2.45) is 0 Å². The summed E-state index contributed by atoms with van der Waals surface area (Å²) in [5, 5.41) is 2.30. The quantitative estimate of drug-likeness (QED) is 0.797. The Morgan fingerprint density at radius 2 is 2.35 bits per heavy atom. The van der Waals surface area contributed by atoms with Gasteiger partial charge in [0.1, 0.15) is 0 Å². The first kappa shape index (κ1) is 12.1. The van der Waals surface area contributed by atoms with Crippen molar-refractivity contribution in [3.05, 3.63) is 40.2 Å². The SMILES string of the molecule is CCOC(=O)c1csnc1-c1cccc(Cl)c1. The van der Waals surface area contributed by atoms with E-state index in [0.29, 0.717) is 22.9 Å². The maximum atomic E-state index is 11.7. The highest BCUT2D eigenvalue weighted by atomic mass is 35.5. The molecule has 0 aliphatic carbocycles. The zero-order valence-corrected chi connectivity index (χ0v) is 10.7. The predicted octanol–water partition coefficient (Wildman–Crippen LogP) is 3.64. The molecule has 88 valence electrons. The van der Waals surface area contributed by atoms with Crippen molar-refractivity contribution in [3.63, 3.8) is 0 Å². The number of carbonyl (C=O) groups excluding carboxylic acids is 1. The third kappa shape index (κ3) is 2.65. The van der Waals surface area contributed by atoms with E-state index in [9.17, 15) is 4.79 Å². The number of benzene rings is 1. The number of hydrogen-bond donors (Lipinski definition) is 0. The highest BCUT2D eigenvalue weighted by molar-refractivity contribution is 7.04. The van der Waals surface area contributed by atoms with Gasteiger partial charge in [-0.25, -0.2) is 4.79 Å². The standard InChI is InChI=1S/C12H10ClNO2S/c1-2-16-12(15)10-7-17-14-11(10)8-4-3-5-9(13)6-8/h3-7H,2H2,1H3. The Morgan fingerprint density at radius 3 is 3.06 bits per heavy atom. The van der Waals surface area contributed by atoms with Crippen LogP contribution < -0.4 is 0 Å². The molecule has 5 heteroatoms. The van der Waals surface area contributed by atoms with Gasteiger partial charge in [-0.15, -0.1) is 0 Å². The van der Waals surface area contributed by atoms with Crippen molar-refractivity contribution in [3.8, 4) is 11.3 Å². The number of nitrogens with zero attached hydrogens (tertiary/aromatic N) is 1. The van der Waals surface area contributed by atoms with Crippen LogP contribution in [0.3, 0.4) is 0 Å². The molecule has 0 unspecified atom stereocenters. The molecule has 3 nitrogen and oxygen atoms in total. The monoisotopic (exact) mass is 267 g/mol. The molecule has 0 saturated heterocycles. The fourth-order valence-corrected chi connectivity index (χ4v) is 2.30. The lowest BCUT2D eigenvalue weighted by Crippen LogP contribution is -2.04. The fraction of sp³-hybridized carbons (Fsp3) is 0.167. The molecular formula is C12H10ClNO2S. The molecule has 0 N–H and O–H groups in total. The second-order valence-corrected chi connectivity index (χ2v) is 4.37. The van der Waals surface area contributed by atoms with Crippen molar-refractivity contribution < 1.29 is 9.53 Å². The van der Waals surface area contributed by atoms with Gasteiger partial charge in [-0.2, -0.15) is 4.37 Å². The van der Waals surface area contributed by atoms with E-state index in [1.165, 1.54) is 11.5 Å². The maximum absolute atomic E-state index is 11.7. The summed E-state index contributed by atoms with van der Waals surface area (Å²) in [6, 6.07) is 7.25. The average Bonchev–Trinajstić information content (AvgIpc) is 2.78. The van der Waals surface area contributed by atoms with Crippen LogP contribution in [0.2, 0.25) is 5.02 Å². The third-order valence-electron chi connectivity index (χ3n) is 2.16. The van der Waals surface area contributed by atoms with Gasteiger partial charge in [0.05, 0.1) is 17.9 Å². The van der Waals surface area contributed by atoms with Crippen LogP contribution in [0.15, 0.2) is 29.6 Å². The number of ether oxygens (including phenoxy) is 1. The maximum Gasteiger partial charge on any atom is 0.341 e. The van der Waals surface area contributed by atoms with Gasteiger partial charge in [0, 0.05) is 16.0 Å². The Bertz CT molecular complexity index is 539. The summed E-state index contributed by atoms with van der Waals surface area (Å²) < 4.78 is 9.19. The van der Waals surface area contributed by atoms with Crippen LogP contribution >= 0.6 is 23.1 Å². The van der Waals surface area contributed by atoms with Crippen molar-refractivity contribution in [2.75, 3.05) is 6.61 Å². The van der Waals surface area contributed by atoms with Crippen molar-refractivity contribution in [1.29, 1.82) is 0 Å². The zero-order valence-electron chi connectivity index (χ0n) is 9.14. The first-order chi connectivity index (χ1) is 8.22. The van der Waals surface area contributed by atoms with E-state index < -0.39 is 0 Å². The molecule has 0 bridgehead atoms. The second-order valence-electron chi connectivity index (χ2n) is 3.31. The molecule has 0 radical (unpaired) electrons. The molecule has 0 fully saturated rings. The zero-order chi connectivity index (χ0) is 12.3. The normalized spacial score (nSPS) is 10.2. The molecule has 0 aliphatic heterocycles. The first-order valence-corrected chi connectivity index (χ1v) is 6.31. The van der Waals surface area contributed by atoms with Crippen molar-refractivity contribution >= 4 is 29.1 Å². The van der Waals surface area contributed by atoms with Crippen LogP contribution in [-0.2, 0) is 4.74 Å². The molecule has 0 aliphatic rings. The molecule has 0 spiro atoms. The highest BCUT2D eigenvalue weighted by Gasteiger charge is 2.16. The number of hydrogen-bond acceptors (Lipinski definition) is 4. The molecule has 2 rings (SSSR count). The lowest BCUT2D eigenvalue weighted by molar-refractivity contribution is 0.0527. The molecule has 1 aromatic heterocycles. The van der Waals surface area contributed by atoms with Gasteiger partial charge in [-0.05, 0) is 30.6 Å². The summed E-state index contributed by atoms with van der Waals surface area (Å²) in [6.07, 6.45) is 0. The van der Waals surface area contributed by atoms with Crippen LogP contribution in [-0.4, -0.2) is 16.9 Å². The molecule has 0 saturated carbocycles. The molecular weight excluding hydrogens is 258 g/mol. The number of aromatic nitrogens is 1. The van der Waals surface area contributed by atoms with Gasteiger partial charge in [0.25, 0.3) is 0 Å². The lowest BCUT2D eigenvalue weighted by Gasteiger charge is -2.03. The van der Waals surface area contributed by atoms with E-state index in [4.69, 9.17) is 16.3 Å². The number of halogens is 1. The van der Waals surface area contributed by atoms with E-state index in [2.05, 4.69) is 4.37 Å². The first-order valence-electron chi connectivity index (χ1n) is 5.09. The molecule has 1 aromatic carbocycles. The van der Waals surface area contributed by atoms with Gasteiger partial charge in [-0.1, -0.05) is 23.7 Å². The Kier molecular flexibility index (Phi) is 3.76. The number of esters is 1. The van der Waals surface area contributed by atoms with Gasteiger partial charge < -0.3 is 4.74 Å². The van der Waals surface area contributed by atoms with E-state index in [1.54, 1.807) is 24.4 Å². The number of carbonyl (C=O) groups is 1. The van der Waals surface area contributed by atoms with Gasteiger partial charge in [0.15, 0.2) is 0 Å². The Balaban J connectivity index is 2.40. The Morgan fingerprint density at radius 1 is 1.53 bits per heavy atom. The molecule has 0 atom stereocenters. The topological polar surface area (TPSA) is 39.2 Å². The highest BCUT2D eigenvalue weighted by Crippen LogP contribution is 2.26. The summed E-state index contributed by atoms with van der Waals surface area (Å²) in [4.78, 5) is 11.7. The van der Waals surface area contributed by atoms with Crippen molar-refractivity contribution in [2.45, 2.75) is 6.92 Å². The minimum atomic E-state index is -0.351. The van der Waals surface area contributed by atoms with Crippen LogP contribution in [0.25, 0.3) is 11.3 Å². The summed E-state index contributed by atoms with van der Waals surface area (Å²) in [7, 11) is 0. The van der Waals surface area contributed by atoms with E-state index in [0.717, 1.165) is 5.56 Å². The van der Waals surface area contributed by atoms with Gasteiger partial charge in [-0.3, -0.25) is 0 Å². The fourth-order valence-electron chi connectivity index (χ4n) is 1.43. The minimum absolute atomic E-state index is 0.351. The average molecular weight is 268 g/mol. The van der Waals surface area contributed by atoms with Crippen LogP contribution in [0.1, 0.15) is 17.3 Å². The predicted molar refractivity (Wildman–Crippen MR) is 68.5 cm³/mol. The number of rotatable bonds is 3. The van der Waals surface area contributed by atoms with Gasteiger partial charge >= 0.3 is 5.97 Å². The summed E-state index contributed by atoms with van der Waals surface area (Å²) in [5.74, 6) is -0.351. The molecule has 17 heavy (non-hydrogen) atoms. The summed E-state index contributed by atoms with van der Waals surface area (Å²) in [5.41, 5.74) is 1.93. The van der Waals surface area contributed by atoms with E-state index >= 15 is 0 Å². The molecule has 0 amide bonds. The second kappa shape index (κ2) is 5.29. The van der Waals surface area contributed by atoms with Crippen molar-refractivity contribution in [1.82, 2.24) is 4.37 Å². The summed E-state index contributed by atoms with van der Waals surface area (Å²) >= 11 is 7.14. The Hall–Kier alpha value is -1.39.